The third-order valence-electron chi connectivity index (χ3n) is 0.627. The second-order valence-corrected chi connectivity index (χ2v) is 2.82. The van der Waals surface area contributed by atoms with Gasteiger partial charge in [-0.3, -0.25) is 9.35 Å². The molecule has 0 heterocycles. The van der Waals surface area contributed by atoms with E-state index in [1.165, 1.54) is 6.92 Å². The van der Waals surface area contributed by atoms with Crippen LogP contribution >= 0.6 is 12.4 Å². The van der Waals surface area contributed by atoms with Crippen LogP contribution in [-0.4, -0.2) is 25.4 Å². The summed E-state index contributed by atoms with van der Waals surface area (Å²) in [4.78, 5) is 10.2. The first-order valence-corrected chi connectivity index (χ1v) is 4.07. The van der Waals surface area contributed by atoms with Crippen molar-refractivity contribution in [2.45, 2.75) is 6.92 Å². The molecule has 70 valence electrons. The maximum atomic E-state index is 10.2. The van der Waals surface area contributed by atoms with Crippen molar-refractivity contribution in [1.82, 2.24) is 5.32 Å². The fourth-order valence-corrected chi connectivity index (χ4v) is 0.551. The van der Waals surface area contributed by atoms with Gasteiger partial charge in [0.05, 0.1) is 11.8 Å². The molecule has 2 N–H and O–H groups in total. The van der Waals surface area contributed by atoms with Gasteiger partial charge < -0.3 is 5.32 Å². The van der Waals surface area contributed by atoms with Crippen molar-refractivity contribution >= 4 is 28.4 Å². The summed E-state index contributed by atoms with van der Waals surface area (Å²) in [5.41, 5.74) is 0. The zero-order chi connectivity index (χ0) is 8.91. The molecule has 0 aliphatic rings. The summed E-state index contributed by atoms with van der Waals surface area (Å²) >= 11 is 0. The van der Waals surface area contributed by atoms with Gasteiger partial charge in [-0.2, -0.15) is 8.42 Å². The lowest BCUT2D eigenvalue weighted by atomic mass is 10.6. The number of hydrogen-bond acceptors (Lipinski definition) is 3. The average Bonchev–Trinajstić information content (AvgIpc) is 1.78. The van der Waals surface area contributed by atoms with Crippen LogP contribution in [-0.2, 0) is 14.9 Å². The molecule has 0 aliphatic carbocycles. The average molecular weight is 214 g/mol. The van der Waals surface area contributed by atoms with Gasteiger partial charge in [-0.25, -0.2) is 0 Å². The van der Waals surface area contributed by atoms with Crippen LogP contribution in [0, 0.1) is 11.2 Å². The largest absolute Gasteiger partial charge is 0.345 e. The number of amides is 1. The van der Waals surface area contributed by atoms with Gasteiger partial charge in [0, 0.05) is 6.92 Å². The minimum atomic E-state index is -4.23. The van der Waals surface area contributed by atoms with Crippen molar-refractivity contribution in [1.29, 1.82) is 0 Å². The summed E-state index contributed by atoms with van der Waals surface area (Å²) in [6, 6.07) is 0. The van der Waals surface area contributed by atoms with Crippen molar-refractivity contribution in [2.75, 3.05) is 6.54 Å². The number of halogens is 1. The highest BCUT2D eigenvalue weighted by Gasteiger charge is 1.93. The maximum Gasteiger partial charge on any atom is 0.335 e. The van der Waals surface area contributed by atoms with Crippen molar-refractivity contribution in [3.63, 3.8) is 0 Å². The molecule has 0 radical (unpaired) electrons. The van der Waals surface area contributed by atoms with Crippen LogP contribution < -0.4 is 5.32 Å². The Morgan fingerprint density at radius 2 is 2.08 bits per heavy atom. The van der Waals surface area contributed by atoms with E-state index < -0.39 is 10.1 Å². The van der Waals surface area contributed by atoms with Crippen molar-refractivity contribution in [3.05, 3.63) is 0 Å². The van der Waals surface area contributed by atoms with Crippen LogP contribution in [0.1, 0.15) is 6.92 Å². The van der Waals surface area contributed by atoms with Crippen LogP contribution in [0.4, 0.5) is 0 Å². The molecular weight excluding hydrogens is 206 g/mol. The molecule has 0 unspecified atom stereocenters. The summed E-state index contributed by atoms with van der Waals surface area (Å²) in [6.45, 7) is 1.18. The van der Waals surface area contributed by atoms with Crippen molar-refractivity contribution in [2.24, 2.45) is 0 Å². The Morgan fingerprint density at radius 1 is 1.58 bits per heavy atom. The highest BCUT2D eigenvalue weighted by Crippen LogP contribution is 1.72. The zero-order valence-electron chi connectivity index (χ0n) is 6.20. The quantitative estimate of drug-likeness (QED) is 0.450. The molecule has 0 fully saturated rings. The van der Waals surface area contributed by atoms with Gasteiger partial charge >= 0.3 is 10.1 Å². The topological polar surface area (TPSA) is 83.5 Å². The van der Waals surface area contributed by atoms with E-state index in [0.29, 0.717) is 0 Å². The van der Waals surface area contributed by atoms with Crippen LogP contribution in [0.5, 0.6) is 0 Å². The van der Waals surface area contributed by atoms with Gasteiger partial charge in [-0.15, -0.1) is 12.4 Å². The molecule has 0 atom stereocenters. The highest BCUT2D eigenvalue weighted by atomic mass is 35.5. The molecule has 0 aliphatic heterocycles. The Hall–Kier alpha value is -0.770. The monoisotopic (exact) mass is 213 g/mol. The summed E-state index contributed by atoms with van der Waals surface area (Å²) < 4.78 is 28.0. The van der Waals surface area contributed by atoms with Gasteiger partial charge in [0.25, 0.3) is 0 Å². The van der Waals surface area contributed by atoms with E-state index in [1.54, 1.807) is 5.25 Å². The fourth-order valence-electron chi connectivity index (χ4n) is 0.296. The van der Waals surface area contributed by atoms with E-state index >= 15 is 0 Å². The first-order chi connectivity index (χ1) is 4.92. The highest BCUT2D eigenvalue weighted by molar-refractivity contribution is 7.90. The predicted octanol–water partition coefficient (Wildman–Crippen LogP) is -0.607. The van der Waals surface area contributed by atoms with Crippen molar-refractivity contribution < 1.29 is 17.8 Å². The van der Waals surface area contributed by atoms with Gasteiger partial charge in [0.15, 0.2) is 0 Å². The van der Waals surface area contributed by atoms with E-state index in [0.717, 1.165) is 0 Å². The Labute approximate surface area is 76.7 Å². The lowest BCUT2D eigenvalue weighted by molar-refractivity contribution is -0.118. The van der Waals surface area contributed by atoms with E-state index in [1.807, 2.05) is 5.92 Å². The van der Waals surface area contributed by atoms with Gasteiger partial charge in [-0.05, 0) is 0 Å². The van der Waals surface area contributed by atoms with Gasteiger partial charge in [0.2, 0.25) is 5.91 Å². The van der Waals surface area contributed by atoms with Crippen molar-refractivity contribution in [3.8, 4) is 11.2 Å². The molecule has 0 rings (SSSR count). The number of carbonyl (C=O) groups is 1. The SMILES string of the molecule is CC(=O)NCC#CS(=O)(=O)O.Cl. The van der Waals surface area contributed by atoms with Gasteiger partial charge in [0.1, 0.15) is 0 Å². The van der Waals surface area contributed by atoms with Crippen LogP contribution in [0.25, 0.3) is 0 Å². The van der Waals surface area contributed by atoms with Crippen LogP contribution in [0.2, 0.25) is 0 Å². The molecule has 7 heteroatoms. The van der Waals surface area contributed by atoms with E-state index in [9.17, 15) is 13.2 Å². The molecule has 1 amide bonds. The van der Waals surface area contributed by atoms with E-state index in [2.05, 4.69) is 5.32 Å². The molecule has 5 nitrogen and oxygen atoms in total. The van der Waals surface area contributed by atoms with E-state index in [4.69, 9.17) is 4.55 Å². The first kappa shape index (κ1) is 13.8. The van der Waals surface area contributed by atoms with E-state index in [-0.39, 0.29) is 24.9 Å². The Morgan fingerprint density at radius 3 is 2.42 bits per heavy atom. The minimum absolute atomic E-state index is 0. The third kappa shape index (κ3) is 12.0. The third-order valence-corrected chi connectivity index (χ3v) is 1.03. The number of hydrogen-bond donors (Lipinski definition) is 2. The zero-order valence-corrected chi connectivity index (χ0v) is 7.83. The molecular formula is C5H8ClNO4S. The summed E-state index contributed by atoms with van der Waals surface area (Å²) in [7, 11) is -4.23. The lowest BCUT2D eigenvalue weighted by Crippen LogP contribution is -2.19. The Kier molecular flexibility index (Phi) is 6.70. The number of carbonyl (C=O) groups excluding carboxylic acids is 1. The normalized spacial score (nSPS) is 8.83. The minimum Gasteiger partial charge on any atom is -0.345 e. The maximum absolute atomic E-state index is 10.2. The Bertz CT molecular complexity index is 299. The fraction of sp³-hybridized carbons (Fsp3) is 0.400. The van der Waals surface area contributed by atoms with Crippen LogP contribution in [0.3, 0.4) is 0 Å². The molecule has 0 saturated carbocycles. The van der Waals surface area contributed by atoms with Gasteiger partial charge in [-0.1, -0.05) is 5.92 Å². The smallest absolute Gasteiger partial charge is 0.335 e. The first-order valence-electron chi connectivity index (χ1n) is 2.63. The number of rotatable bonds is 1. The number of nitrogens with one attached hydrogen (secondary N) is 1. The summed E-state index contributed by atoms with van der Waals surface area (Å²) in [6.07, 6.45) is 0. The summed E-state index contributed by atoms with van der Waals surface area (Å²) in [5.74, 6) is 1.73. The molecule has 0 saturated heterocycles. The van der Waals surface area contributed by atoms with Crippen LogP contribution in [0.15, 0.2) is 0 Å². The molecule has 0 aromatic carbocycles. The summed E-state index contributed by atoms with van der Waals surface area (Å²) in [5, 5.41) is 3.77. The predicted molar refractivity (Wildman–Crippen MR) is 45.3 cm³/mol. The Balaban J connectivity index is 0. The molecule has 0 bridgehead atoms. The lowest BCUT2D eigenvalue weighted by Gasteiger charge is -1.89. The standard InChI is InChI=1S/C5H7NO4S.ClH/c1-5(7)6-3-2-4-11(8,9)10;/h3H2,1H3,(H,6,7)(H,8,9,10);1H. The molecule has 12 heavy (non-hydrogen) atoms. The second-order valence-electron chi connectivity index (χ2n) is 1.66. The molecule has 0 aromatic rings. The second kappa shape index (κ2) is 5.83. The molecule has 0 spiro atoms. The molecule has 0 aromatic heterocycles.